The molecule has 1 aromatic carbocycles. The van der Waals surface area contributed by atoms with Crippen LogP contribution in [0.4, 0.5) is 10.5 Å². The van der Waals surface area contributed by atoms with Crippen LogP contribution in [0.25, 0.3) is 0 Å². The van der Waals surface area contributed by atoms with Crippen LogP contribution < -0.4 is 9.64 Å². The molecule has 0 radical (unpaired) electrons. The minimum Gasteiger partial charge on any atom is -0.490 e. The van der Waals surface area contributed by atoms with Crippen LogP contribution in [-0.2, 0) is 0 Å². The number of ether oxygens (including phenoxy) is 1. The van der Waals surface area contributed by atoms with Gasteiger partial charge in [0.2, 0.25) is 0 Å². The summed E-state index contributed by atoms with van der Waals surface area (Å²) in [5.41, 5.74) is 1.13. The van der Waals surface area contributed by atoms with Gasteiger partial charge in [0.1, 0.15) is 11.9 Å². The van der Waals surface area contributed by atoms with Gasteiger partial charge in [-0.05, 0) is 30.4 Å². The highest BCUT2D eigenvalue weighted by atomic mass is 16.5. The lowest BCUT2D eigenvalue weighted by Gasteiger charge is -2.44. The lowest BCUT2D eigenvalue weighted by Crippen LogP contribution is -2.53. The van der Waals surface area contributed by atoms with Crippen molar-refractivity contribution in [3.05, 3.63) is 24.3 Å². The van der Waals surface area contributed by atoms with Crippen molar-refractivity contribution in [3.8, 4) is 5.75 Å². The zero-order valence-corrected chi connectivity index (χ0v) is 15.6. The summed E-state index contributed by atoms with van der Waals surface area (Å²) in [5.74, 6) is 0.894. The number of hydrogen-bond donors (Lipinski definition) is 1. The van der Waals surface area contributed by atoms with Crippen LogP contribution >= 0.6 is 0 Å². The zero-order chi connectivity index (χ0) is 18.0. The lowest BCUT2D eigenvalue weighted by molar-refractivity contribution is 0.0130. The summed E-state index contributed by atoms with van der Waals surface area (Å²) in [6.07, 6.45) is 3.23. The number of likely N-dealkylation sites (tertiary alicyclic amines) is 1. The molecule has 3 rings (SSSR count). The molecule has 0 aromatic heterocycles. The third-order valence-electron chi connectivity index (χ3n) is 5.39. The molecule has 1 amide bonds. The summed E-state index contributed by atoms with van der Waals surface area (Å²) >= 11 is 0. The van der Waals surface area contributed by atoms with E-state index < -0.39 is 6.09 Å². The van der Waals surface area contributed by atoms with E-state index in [4.69, 9.17) is 4.74 Å². The van der Waals surface area contributed by atoms with Crippen molar-refractivity contribution in [2.24, 2.45) is 5.41 Å². The molecule has 2 aliphatic rings. The van der Waals surface area contributed by atoms with Gasteiger partial charge >= 0.3 is 6.09 Å². The maximum Gasteiger partial charge on any atom is 0.407 e. The van der Waals surface area contributed by atoms with Crippen molar-refractivity contribution >= 4 is 11.8 Å². The first-order valence-corrected chi connectivity index (χ1v) is 9.36. The number of carbonyl (C=O) groups is 1. The predicted octanol–water partition coefficient (Wildman–Crippen LogP) is 4.22. The minimum atomic E-state index is -0.825. The lowest BCUT2D eigenvalue weighted by atomic mass is 9.80. The molecule has 5 nitrogen and oxygen atoms in total. The number of hydrogen-bond acceptors (Lipinski definition) is 3. The van der Waals surface area contributed by atoms with E-state index >= 15 is 0 Å². The number of nitrogens with zero attached hydrogens (tertiary/aromatic N) is 2. The Morgan fingerprint density at radius 2 is 1.92 bits per heavy atom. The molecule has 0 aliphatic carbocycles. The fourth-order valence-corrected chi connectivity index (χ4v) is 4.01. The van der Waals surface area contributed by atoms with Crippen molar-refractivity contribution in [1.29, 1.82) is 0 Å². The maximum absolute atomic E-state index is 11.5. The van der Waals surface area contributed by atoms with Crippen molar-refractivity contribution in [1.82, 2.24) is 4.90 Å². The second kappa shape index (κ2) is 7.14. The van der Waals surface area contributed by atoms with Crippen LogP contribution in [0.1, 0.15) is 46.5 Å². The van der Waals surface area contributed by atoms with E-state index in [1.165, 1.54) is 18.5 Å². The number of piperidine rings is 1. The topological polar surface area (TPSA) is 53.0 Å². The molecule has 0 saturated carbocycles. The van der Waals surface area contributed by atoms with E-state index in [1.54, 1.807) is 4.90 Å². The molecule has 2 atom stereocenters. The Hall–Kier alpha value is -1.91. The molecule has 25 heavy (non-hydrogen) atoms. The van der Waals surface area contributed by atoms with Gasteiger partial charge in [0.25, 0.3) is 0 Å². The summed E-state index contributed by atoms with van der Waals surface area (Å²) in [4.78, 5) is 15.5. The average molecular weight is 346 g/mol. The van der Waals surface area contributed by atoms with E-state index in [-0.39, 0.29) is 17.6 Å². The van der Waals surface area contributed by atoms with Crippen molar-refractivity contribution in [3.63, 3.8) is 0 Å². The summed E-state index contributed by atoms with van der Waals surface area (Å²) in [6.45, 7) is 9.07. The summed E-state index contributed by atoms with van der Waals surface area (Å²) < 4.78 is 6.26. The normalized spacial score (nSPS) is 24.4. The van der Waals surface area contributed by atoms with Crippen LogP contribution in [0.2, 0.25) is 0 Å². The van der Waals surface area contributed by atoms with E-state index in [1.807, 2.05) is 6.07 Å². The standard InChI is InChI=1S/C20H30N2O3/c1-20(2,3)18-14-17(9-12-22(18)19(23)24)25-16-8-6-7-15(13-16)21-10-4-5-11-21/h6-8,13,17-18H,4-5,9-12,14H2,1-3H3,(H,23,24). The van der Waals surface area contributed by atoms with Gasteiger partial charge in [-0.1, -0.05) is 26.8 Å². The first-order valence-electron chi connectivity index (χ1n) is 9.36. The molecule has 2 aliphatic heterocycles. The molecule has 138 valence electrons. The van der Waals surface area contributed by atoms with E-state index in [0.29, 0.717) is 6.54 Å². The number of carboxylic acid groups (broad SMARTS) is 1. The Morgan fingerprint density at radius 1 is 1.20 bits per heavy atom. The number of anilines is 1. The fourth-order valence-electron chi connectivity index (χ4n) is 4.01. The number of amides is 1. The van der Waals surface area contributed by atoms with Gasteiger partial charge in [-0.3, -0.25) is 0 Å². The van der Waals surface area contributed by atoms with Crippen molar-refractivity contribution in [2.45, 2.75) is 58.6 Å². The highest BCUT2D eigenvalue weighted by Crippen LogP contribution is 2.34. The van der Waals surface area contributed by atoms with Crippen LogP contribution in [0.3, 0.4) is 0 Å². The number of benzene rings is 1. The molecule has 1 N–H and O–H groups in total. The van der Waals surface area contributed by atoms with E-state index in [9.17, 15) is 9.90 Å². The van der Waals surface area contributed by atoms with E-state index in [2.05, 4.69) is 43.9 Å². The van der Waals surface area contributed by atoms with E-state index in [0.717, 1.165) is 31.7 Å². The van der Waals surface area contributed by atoms with Gasteiger partial charge in [-0.15, -0.1) is 0 Å². The van der Waals surface area contributed by atoms with Gasteiger partial charge < -0.3 is 19.6 Å². The second-order valence-corrected chi connectivity index (χ2v) is 8.31. The first-order chi connectivity index (χ1) is 11.8. The Balaban J connectivity index is 1.69. The number of rotatable bonds is 3. The van der Waals surface area contributed by atoms with Crippen LogP contribution in [0.15, 0.2) is 24.3 Å². The molecule has 0 spiro atoms. The third kappa shape index (κ3) is 4.20. The smallest absolute Gasteiger partial charge is 0.407 e. The quantitative estimate of drug-likeness (QED) is 0.890. The molecule has 2 fully saturated rings. The molecule has 0 bridgehead atoms. The van der Waals surface area contributed by atoms with Gasteiger partial charge in [-0.2, -0.15) is 0 Å². The first kappa shape index (κ1) is 17.9. The molecular formula is C20H30N2O3. The molecular weight excluding hydrogens is 316 g/mol. The maximum atomic E-state index is 11.5. The zero-order valence-electron chi connectivity index (χ0n) is 15.6. The Labute approximate surface area is 150 Å². The Bertz CT molecular complexity index is 605. The Morgan fingerprint density at radius 3 is 2.56 bits per heavy atom. The predicted molar refractivity (Wildman–Crippen MR) is 99.5 cm³/mol. The monoisotopic (exact) mass is 346 g/mol. The summed E-state index contributed by atoms with van der Waals surface area (Å²) in [6, 6.07) is 8.31. The Kier molecular flexibility index (Phi) is 5.11. The van der Waals surface area contributed by atoms with Gasteiger partial charge in [0.15, 0.2) is 0 Å². The van der Waals surface area contributed by atoms with Crippen molar-refractivity contribution in [2.75, 3.05) is 24.5 Å². The molecule has 1 aromatic rings. The summed E-state index contributed by atoms with van der Waals surface area (Å²) in [7, 11) is 0. The van der Waals surface area contributed by atoms with Crippen LogP contribution in [-0.4, -0.2) is 47.9 Å². The third-order valence-corrected chi connectivity index (χ3v) is 5.39. The van der Waals surface area contributed by atoms with Crippen LogP contribution in [0, 0.1) is 5.41 Å². The van der Waals surface area contributed by atoms with Crippen LogP contribution in [0.5, 0.6) is 5.75 Å². The van der Waals surface area contributed by atoms with Gasteiger partial charge in [-0.25, -0.2) is 4.79 Å². The molecule has 5 heteroatoms. The fraction of sp³-hybridized carbons (Fsp3) is 0.650. The highest BCUT2D eigenvalue weighted by Gasteiger charge is 2.39. The van der Waals surface area contributed by atoms with Gasteiger partial charge in [0.05, 0.1) is 0 Å². The largest absolute Gasteiger partial charge is 0.490 e. The minimum absolute atomic E-state index is 0.0227. The van der Waals surface area contributed by atoms with Crippen molar-refractivity contribution < 1.29 is 14.6 Å². The SMILES string of the molecule is CC(C)(C)C1CC(Oc2cccc(N3CCCC3)c2)CCN1C(=O)O. The molecule has 2 unspecified atom stereocenters. The molecule has 2 heterocycles. The summed E-state index contributed by atoms with van der Waals surface area (Å²) in [5, 5.41) is 9.49. The second-order valence-electron chi connectivity index (χ2n) is 8.31. The van der Waals surface area contributed by atoms with Gasteiger partial charge in [0, 0.05) is 50.3 Å². The highest BCUT2D eigenvalue weighted by molar-refractivity contribution is 5.65. The molecule has 2 saturated heterocycles. The average Bonchev–Trinajstić information content (AvgIpc) is 3.08.